The zero-order valence-electron chi connectivity index (χ0n) is 20.6. The number of benzene rings is 3. The van der Waals surface area contributed by atoms with Crippen LogP contribution >= 0.6 is 0 Å². The summed E-state index contributed by atoms with van der Waals surface area (Å²) in [7, 11) is -12.3. The minimum absolute atomic E-state index is 0.00711. The number of hydroxylamine groups is 1. The molecular weight excluding hydrogens is 538 g/mol. The third-order valence-electron chi connectivity index (χ3n) is 5.57. The van der Waals surface area contributed by atoms with E-state index in [-0.39, 0.29) is 21.1 Å². The van der Waals surface area contributed by atoms with Gasteiger partial charge in [-0.05, 0) is 63.6 Å². The van der Waals surface area contributed by atoms with Crippen molar-refractivity contribution in [2.75, 3.05) is 13.2 Å². The van der Waals surface area contributed by atoms with Crippen LogP contribution in [0.4, 0.5) is 0 Å². The summed E-state index contributed by atoms with van der Waals surface area (Å²) in [5, 5.41) is -1.25. The van der Waals surface area contributed by atoms with Gasteiger partial charge in [-0.2, -0.15) is 26.6 Å². The van der Waals surface area contributed by atoms with E-state index < -0.39 is 48.5 Å². The van der Waals surface area contributed by atoms with E-state index in [2.05, 4.69) is 5.48 Å². The van der Waals surface area contributed by atoms with E-state index in [1.807, 2.05) is 13.8 Å². The summed E-state index contributed by atoms with van der Waals surface area (Å²) in [6.07, 6.45) is -0.248. The summed E-state index contributed by atoms with van der Waals surface area (Å²) in [6.45, 7) is 4.54. The molecule has 3 aromatic carbocycles. The summed E-state index contributed by atoms with van der Waals surface area (Å²) >= 11 is 0. The molecule has 0 aromatic heterocycles. The predicted octanol–water partition coefficient (Wildman–Crippen LogP) is 3.46. The Morgan fingerprint density at radius 3 is 1.49 bits per heavy atom. The minimum atomic E-state index is -4.20. The van der Waals surface area contributed by atoms with Gasteiger partial charge in [0.25, 0.3) is 10.1 Å². The molecule has 1 atom stereocenters. The van der Waals surface area contributed by atoms with Crippen molar-refractivity contribution in [3.63, 3.8) is 0 Å². The average molecular weight is 568 g/mol. The van der Waals surface area contributed by atoms with Crippen LogP contribution in [-0.4, -0.2) is 43.7 Å². The number of hydrogen-bond donors (Lipinski definition) is 1. The Hall–Kier alpha value is -2.61. The first kappa shape index (κ1) is 29.0. The molecule has 0 bridgehead atoms. The lowest BCUT2D eigenvalue weighted by Gasteiger charge is -2.18. The fourth-order valence-corrected chi connectivity index (χ4v) is 6.61. The van der Waals surface area contributed by atoms with Gasteiger partial charge in [0.2, 0.25) is 0 Å². The molecular formula is C25H29NO8S3. The van der Waals surface area contributed by atoms with Crippen LogP contribution in [0.3, 0.4) is 0 Å². The van der Waals surface area contributed by atoms with Gasteiger partial charge >= 0.3 is 10.1 Å². The van der Waals surface area contributed by atoms with Crippen molar-refractivity contribution in [2.45, 2.75) is 47.1 Å². The molecule has 0 aliphatic carbocycles. The Labute approximate surface area is 218 Å². The standard InChI is InChI=1S/C25H29NO8S3/c1-19-4-10-22(11-5-19)35(27,28)25(16-17-33-36(29,30)23-12-6-20(2)7-13-23)18-26-34-37(31,32)24-14-8-21(3)9-15-24/h4-15,25-26H,16-18H2,1-3H3. The Kier molecular flexibility index (Phi) is 9.27. The zero-order chi connectivity index (χ0) is 27.3. The fourth-order valence-electron chi connectivity index (χ4n) is 3.31. The van der Waals surface area contributed by atoms with E-state index >= 15 is 0 Å². The molecule has 0 saturated heterocycles. The highest BCUT2D eigenvalue weighted by Crippen LogP contribution is 2.21. The third-order valence-corrected chi connectivity index (χ3v) is 10.3. The molecule has 1 N–H and O–H groups in total. The smallest absolute Gasteiger partial charge is 0.266 e. The second kappa shape index (κ2) is 11.8. The van der Waals surface area contributed by atoms with E-state index in [1.165, 1.54) is 36.4 Å². The van der Waals surface area contributed by atoms with Crippen LogP contribution in [0.1, 0.15) is 23.1 Å². The van der Waals surface area contributed by atoms with Gasteiger partial charge in [-0.15, -0.1) is 0 Å². The maximum absolute atomic E-state index is 13.3. The minimum Gasteiger partial charge on any atom is -0.266 e. The van der Waals surface area contributed by atoms with E-state index in [4.69, 9.17) is 8.47 Å². The normalized spacial score (nSPS) is 13.4. The van der Waals surface area contributed by atoms with Gasteiger partial charge in [-0.3, -0.25) is 4.18 Å². The van der Waals surface area contributed by atoms with Crippen LogP contribution < -0.4 is 5.48 Å². The molecule has 9 nitrogen and oxygen atoms in total. The average Bonchev–Trinajstić information content (AvgIpc) is 2.84. The van der Waals surface area contributed by atoms with Crippen molar-refractivity contribution >= 4 is 30.1 Å². The highest BCUT2D eigenvalue weighted by atomic mass is 32.2. The Morgan fingerprint density at radius 1 is 0.622 bits per heavy atom. The maximum atomic E-state index is 13.3. The Balaban J connectivity index is 1.75. The van der Waals surface area contributed by atoms with Gasteiger partial charge < -0.3 is 0 Å². The second-order valence-corrected chi connectivity index (χ2v) is 13.9. The summed E-state index contributed by atoms with van der Waals surface area (Å²) in [6, 6.07) is 18.1. The summed E-state index contributed by atoms with van der Waals surface area (Å²) < 4.78 is 86.6. The fraction of sp³-hybridized carbons (Fsp3) is 0.280. The SMILES string of the molecule is Cc1ccc(S(=O)(=O)OCCC(CNOS(=O)(=O)c2ccc(C)cc2)S(=O)(=O)c2ccc(C)cc2)cc1. The van der Waals surface area contributed by atoms with E-state index in [0.717, 1.165) is 16.7 Å². The highest BCUT2D eigenvalue weighted by Gasteiger charge is 2.29. The van der Waals surface area contributed by atoms with Crippen molar-refractivity contribution in [3.8, 4) is 0 Å². The quantitative estimate of drug-likeness (QED) is 0.258. The van der Waals surface area contributed by atoms with Crippen molar-refractivity contribution in [2.24, 2.45) is 0 Å². The largest absolute Gasteiger partial charge is 0.312 e. The molecule has 0 amide bonds. The van der Waals surface area contributed by atoms with Crippen LogP contribution in [0.25, 0.3) is 0 Å². The monoisotopic (exact) mass is 567 g/mol. The van der Waals surface area contributed by atoms with Crippen molar-refractivity contribution < 1.29 is 33.7 Å². The number of sulfone groups is 1. The molecule has 37 heavy (non-hydrogen) atoms. The van der Waals surface area contributed by atoms with Crippen molar-refractivity contribution in [1.82, 2.24) is 5.48 Å². The van der Waals surface area contributed by atoms with Crippen LogP contribution in [0, 0.1) is 20.8 Å². The molecule has 12 heteroatoms. The van der Waals surface area contributed by atoms with E-state index in [0.29, 0.717) is 0 Å². The third kappa shape index (κ3) is 7.69. The second-order valence-electron chi connectivity index (χ2n) is 8.56. The topological polar surface area (TPSA) is 133 Å². The van der Waals surface area contributed by atoms with Gasteiger partial charge in [0.1, 0.15) is 0 Å². The molecule has 200 valence electrons. The summed E-state index contributed by atoms with van der Waals surface area (Å²) in [5.41, 5.74) is 4.82. The number of aryl methyl sites for hydroxylation is 3. The summed E-state index contributed by atoms with van der Waals surface area (Å²) in [5.74, 6) is 0. The van der Waals surface area contributed by atoms with Gasteiger partial charge in [0.15, 0.2) is 9.84 Å². The van der Waals surface area contributed by atoms with Crippen LogP contribution in [0.15, 0.2) is 87.5 Å². The first-order valence-electron chi connectivity index (χ1n) is 11.3. The highest BCUT2D eigenvalue weighted by molar-refractivity contribution is 7.92. The molecule has 0 fully saturated rings. The molecule has 1 unspecified atom stereocenters. The first-order valence-corrected chi connectivity index (χ1v) is 15.7. The molecule has 0 aliphatic rings. The molecule has 0 aliphatic heterocycles. The zero-order valence-corrected chi connectivity index (χ0v) is 23.1. The van der Waals surface area contributed by atoms with Gasteiger partial charge in [0.05, 0.1) is 26.5 Å². The molecule has 0 radical (unpaired) electrons. The van der Waals surface area contributed by atoms with Crippen molar-refractivity contribution in [3.05, 3.63) is 89.5 Å². The number of rotatable bonds is 12. The first-order chi connectivity index (χ1) is 17.3. The van der Waals surface area contributed by atoms with E-state index in [1.54, 1.807) is 43.3 Å². The number of hydrogen-bond acceptors (Lipinski definition) is 9. The predicted molar refractivity (Wildman–Crippen MR) is 139 cm³/mol. The van der Waals surface area contributed by atoms with Crippen molar-refractivity contribution in [1.29, 1.82) is 0 Å². The Bertz CT molecular complexity index is 1430. The van der Waals surface area contributed by atoms with Crippen LogP contribution in [0.2, 0.25) is 0 Å². The van der Waals surface area contributed by atoms with Gasteiger partial charge in [-0.25, -0.2) is 8.42 Å². The lowest BCUT2D eigenvalue weighted by molar-refractivity contribution is 0.198. The molecule has 3 rings (SSSR count). The van der Waals surface area contributed by atoms with E-state index in [9.17, 15) is 25.3 Å². The molecule has 0 spiro atoms. The molecule has 0 saturated carbocycles. The summed E-state index contributed by atoms with van der Waals surface area (Å²) in [4.78, 5) is -0.148. The molecule has 3 aromatic rings. The van der Waals surface area contributed by atoms with Crippen LogP contribution in [-0.2, 0) is 38.5 Å². The lowest BCUT2D eigenvalue weighted by atomic mass is 10.2. The Morgan fingerprint density at radius 2 is 1.03 bits per heavy atom. The number of nitrogens with one attached hydrogen (secondary N) is 1. The van der Waals surface area contributed by atoms with Gasteiger partial charge in [0, 0.05) is 6.54 Å². The van der Waals surface area contributed by atoms with Crippen LogP contribution in [0.5, 0.6) is 0 Å². The molecule has 0 heterocycles. The maximum Gasteiger partial charge on any atom is 0.312 e. The lowest BCUT2D eigenvalue weighted by Crippen LogP contribution is -2.36. The van der Waals surface area contributed by atoms with Gasteiger partial charge in [-0.1, -0.05) is 53.1 Å².